The highest BCUT2D eigenvalue weighted by atomic mass is 79.9. The fourth-order valence-electron chi connectivity index (χ4n) is 2.32. The maximum absolute atomic E-state index is 5.86. The van der Waals surface area contributed by atoms with E-state index in [1.54, 1.807) is 17.5 Å². The van der Waals surface area contributed by atoms with Gasteiger partial charge in [0.15, 0.2) is 0 Å². The first-order valence-corrected chi connectivity index (χ1v) is 8.56. The number of hydrogen-bond donors (Lipinski definition) is 0. The van der Waals surface area contributed by atoms with Crippen LogP contribution in [0, 0.1) is 0 Å². The van der Waals surface area contributed by atoms with E-state index >= 15 is 0 Å². The second kappa shape index (κ2) is 6.47. The van der Waals surface area contributed by atoms with Crippen LogP contribution in [0.25, 0.3) is 10.6 Å². The van der Waals surface area contributed by atoms with Crippen molar-refractivity contribution in [2.24, 2.45) is 0 Å². The van der Waals surface area contributed by atoms with Crippen LogP contribution in [0.2, 0.25) is 5.28 Å². The van der Waals surface area contributed by atoms with Crippen molar-refractivity contribution in [2.45, 2.75) is 25.8 Å². The van der Waals surface area contributed by atoms with Crippen molar-refractivity contribution in [3.8, 4) is 10.6 Å². The third kappa shape index (κ3) is 3.36. The average Bonchev–Trinajstić information content (AvgIpc) is 2.91. The van der Waals surface area contributed by atoms with Gasteiger partial charge in [-0.2, -0.15) is 0 Å². The van der Waals surface area contributed by atoms with Crippen LogP contribution < -0.4 is 0 Å². The zero-order valence-corrected chi connectivity index (χ0v) is 14.0. The Hall–Kier alpha value is -0.560. The van der Waals surface area contributed by atoms with Gasteiger partial charge in [0.25, 0.3) is 0 Å². The Kier molecular flexibility index (Phi) is 4.65. The lowest BCUT2D eigenvalue weighted by Crippen LogP contribution is -2.28. The van der Waals surface area contributed by atoms with Gasteiger partial charge in [0.1, 0.15) is 10.7 Å². The van der Waals surface area contributed by atoms with Gasteiger partial charge >= 0.3 is 0 Å². The number of halogens is 2. The molecule has 0 bridgehead atoms. The zero-order chi connectivity index (χ0) is 13.9. The van der Waals surface area contributed by atoms with Gasteiger partial charge in [0, 0.05) is 12.4 Å². The number of thiazole rings is 1. The zero-order valence-electron chi connectivity index (χ0n) is 10.9. The molecule has 0 radical (unpaired) electrons. The molecule has 7 heteroatoms. The Morgan fingerprint density at radius 2 is 2.00 bits per heavy atom. The summed E-state index contributed by atoms with van der Waals surface area (Å²) < 4.78 is 0.843. The molecule has 2 aromatic rings. The molecule has 4 nitrogen and oxygen atoms in total. The summed E-state index contributed by atoms with van der Waals surface area (Å²) in [5, 5.41) is 1.39. The number of likely N-dealkylation sites (tertiary alicyclic amines) is 1. The maximum atomic E-state index is 5.86. The summed E-state index contributed by atoms with van der Waals surface area (Å²) in [6, 6.07) is 0. The first kappa shape index (κ1) is 14.4. The third-order valence-corrected chi connectivity index (χ3v) is 5.06. The fourth-order valence-corrected chi connectivity index (χ4v) is 3.95. The maximum Gasteiger partial charge on any atom is 0.222 e. The minimum absolute atomic E-state index is 0.259. The summed E-state index contributed by atoms with van der Waals surface area (Å²) in [5.74, 6) is 0. The molecule has 0 atom stereocenters. The standard InChI is InChI=1S/C13H14BrClN4S/c14-9-6-17-13(15)18-12(9)10-7-16-11(20-10)8-19-4-2-1-3-5-19/h6-7H,1-5,8H2. The predicted molar refractivity (Wildman–Crippen MR) is 85.0 cm³/mol. The van der Waals surface area contributed by atoms with Crippen LogP contribution in [0.1, 0.15) is 24.3 Å². The summed E-state index contributed by atoms with van der Waals surface area (Å²) >= 11 is 11.0. The molecule has 0 aromatic carbocycles. The van der Waals surface area contributed by atoms with Crippen LogP contribution in [-0.2, 0) is 6.54 Å². The number of nitrogens with zero attached hydrogens (tertiary/aromatic N) is 4. The quantitative estimate of drug-likeness (QED) is 0.763. The largest absolute Gasteiger partial charge is 0.297 e. The van der Waals surface area contributed by atoms with Crippen LogP contribution in [-0.4, -0.2) is 32.9 Å². The Balaban J connectivity index is 1.77. The number of aromatic nitrogens is 3. The second-order valence-electron chi connectivity index (χ2n) is 4.79. The van der Waals surface area contributed by atoms with Crippen molar-refractivity contribution in [2.75, 3.05) is 13.1 Å². The van der Waals surface area contributed by atoms with E-state index in [-0.39, 0.29) is 5.28 Å². The molecule has 1 aliphatic heterocycles. The molecule has 0 unspecified atom stereocenters. The minimum Gasteiger partial charge on any atom is -0.297 e. The fraction of sp³-hybridized carbons (Fsp3) is 0.462. The molecule has 20 heavy (non-hydrogen) atoms. The lowest BCUT2D eigenvalue weighted by atomic mass is 10.1. The molecule has 1 aliphatic rings. The van der Waals surface area contributed by atoms with Crippen LogP contribution in [0.4, 0.5) is 0 Å². The molecule has 2 aromatic heterocycles. The number of rotatable bonds is 3. The normalized spacial score (nSPS) is 16.5. The van der Waals surface area contributed by atoms with Crippen molar-refractivity contribution >= 4 is 38.9 Å². The average molecular weight is 374 g/mol. The van der Waals surface area contributed by atoms with Crippen LogP contribution >= 0.6 is 38.9 Å². The lowest BCUT2D eigenvalue weighted by molar-refractivity contribution is 0.220. The molecule has 3 heterocycles. The molecule has 1 fully saturated rings. The van der Waals surface area contributed by atoms with Crippen molar-refractivity contribution in [3.63, 3.8) is 0 Å². The van der Waals surface area contributed by atoms with Gasteiger partial charge in [0.05, 0.1) is 15.9 Å². The van der Waals surface area contributed by atoms with Crippen LogP contribution in [0.15, 0.2) is 16.9 Å². The van der Waals surface area contributed by atoms with Gasteiger partial charge in [-0.25, -0.2) is 15.0 Å². The van der Waals surface area contributed by atoms with Gasteiger partial charge in [-0.1, -0.05) is 6.42 Å². The van der Waals surface area contributed by atoms with Crippen molar-refractivity contribution in [1.82, 2.24) is 19.9 Å². The Labute approximate surface area is 135 Å². The van der Waals surface area contributed by atoms with Gasteiger partial charge in [-0.3, -0.25) is 4.90 Å². The molecule has 1 saturated heterocycles. The third-order valence-electron chi connectivity index (χ3n) is 3.31. The summed E-state index contributed by atoms with van der Waals surface area (Å²) in [6.07, 6.45) is 7.49. The summed E-state index contributed by atoms with van der Waals surface area (Å²) in [6.45, 7) is 3.29. The Bertz CT molecular complexity index is 598. The molecular formula is C13H14BrClN4S. The van der Waals surface area contributed by atoms with E-state index in [4.69, 9.17) is 11.6 Å². The second-order valence-corrected chi connectivity index (χ2v) is 7.10. The van der Waals surface area contributed by atoms with Gasteiger partial charge in [-0.15, -0.1) is 11.3 Å². The van der Waals surface area contributed by atoms with Gasteiger partial charge in [0.2, 0.25) is 5.28 Å². The lowest BCUT2D eigenvalue weighted by Gasteiger charge is -2.25. The van der Waals surface area contributed by atoms with Crippen molar-refractivity contribution < 1.29 is 0 Å². The van der Waals surface area contributed by atoms with E-state index in [0.29, 0.717) is 0 Å². The Morgan fingerprint density at radius 3 is 2.80 bits per heavy atom. The molecule has 0 amide bonds. The SMILES string of the molecule is Clc1ncc(Br)c(-c2cnc(CN3CCCCC3)s2)n1. The van der Waals surface area contributed by atoms with E-state index in [0.717, 1.165) is 26.6 Å². The van der Waals surface area contributed by atoms with E-state index in [1.807, 2.05) is 6.20 Å². The molecule has 106 valence electrons. The smallest absolute Gasteiger partial charge is 0.222 e. The first-order chi connectivity index (χ1) is 9.72. The molecule has 3 rings (SSSR count). The van der Waals surface area contributed by atoms with E-state index < -0.39 is 0 Å². The number of piperidine rings is 1. The minimum atomic E-state index is 0.259. The summed E-state index contributed by atoms with van der Waals surface area (Å²) in [5.41, 5.74) is 0.812. The van der Waals surface area contributed by atoms with Crippen LogP contribution in [0.3, 0.4) is 0 Å². The van der Waals surface area contributed by atoms with Crippen molar-refractivity contribution in [1.29, 1.82) is 0 Å². The van der Waals surface area contributed by atoms with E-state index in [1.165, 1.54) is 32.4 Å². The van der Waals surface area contributed by atoms with Gasteiger partial charge < -0.3 is 0 Å². The molecular weight excluding hydrogens is 360 g/mol. The van der Waals surface area contributed by atoms with Crippen molar-refractivity contribution in [3.05, 3.63) is 27.2 Å². The van der Waals surface area contributed by atoms with Crippen LogP contribution in [0.5, 0.6) is 0 Å². The Morgan fingerprint density at radius 1 is 1.20 bits per heavy atom. The molecule has 0 N–H and O–H groups in total. The van der Waals surface area contributed by atoms with E-state index in [2.05, 4.69) is 35.8 Å². The monoisotopic (exact) mass is 372 g/mol. The number of hydrogen-bond acceptors (Lipinski definition) is 5. The molecule has 0 saturated carbocycles. The summed E-state index contributed by atoms with van der Waals surface area (Å²) in [4.78, 5) is 16.2. The first-order valence-electron chi connectivity index (χ1n) is 6.58. The summed E-state index contributed by atoms with van der Waals surface area (Å²) in [7, 11) is 0. The van der Waals surface area contributed by atoms with Gasteiger partial charge in [-0.05, 0) is 53.5 Å². The highest BCUT2D eigenvalue weighted by Gasteiger charge is 2.15. The predicted octanol–water partition coefficient (Wildman–Crippen LogP) is 4.00. The topological polar surface area (TPSA) is 41.9 Å². The highest BCUT2D eigenvalue weighted by Crippen LogP contribution is 2.31. The molecule has 0 aliphatic carbocycles. The molecule has 0 spiro atoms. The van der Waals surface area contributed by atoms with E-state index in [9.17, 15) is 0 Å². The highest BCUT2D eigenvalue weighted by molar-refractivity contribution is 9.10.